The summed E-state index contributed by atoms with van der Waals surface area (Å²) in [6.45, 7) is 8.48. The molecule has 2 aromatic carbocycles. The summed E-state index contributed by atoms with van der Waals surface area (Å²) >= 11 is 0. The predicted molar refractivity (Wildman–Crippen MR) is 116 cm³/mol. The molecule has 1 fully saturated rings. The Bertz CT molecular complexity index is 862. The topological polar surface area (TPSA) is 36.9 Å². The molecule has 0 unspecified atom stereocenters. The normalized spacial score (nSPS) is 24.8. The second kappa shape index (κ2) is 7.37. The highest BCUT2D eigenvalue weighted by atomic mass is 16.7. The van der Waals surface area contributed by atoms with Crippen molar-refractivity contribution in [3.05, 3.63) is 59.2 Å². The van der Waals surface area contributed by atoms with Gasteiger partial charge in [0.05, 0.1) is 25.4 Å². The number of aryl methyl sites for hydroxylation is 1. The maximum Gasteiger partial charge on any atom is 0.462 e. The molecule has 0 amide bonds. The van der Waals surface area contributed by atoms with Crippen molar-refractivity contribution in [2.75, 3.05) is 14.2 Å². The molecule has 0 aromatic heterocycles. The third-order valence-electron chi connectivity index (χ3n) is 6.94. The summed E-state index contributed by atoms with van der Waals surface area (Å²) in [6, 6.07) is 14.9. The minimum Gasteiger partial charge on any atom is -0.493 e. The number of hydrogen-bond donors (Lipinski definition) is 0. The zero-order chi connectivity index (χ0) is 20.8. The first-order valence-electron chi connectivity index (χ1n) is 10.4. The van der Waals surface area contributed by atoms with Crippen LogP contribution in [0.2, 0.25) is 5.82 Å². The van der Waals surface area contributed by atoms with Crippen molar-refractivity contribution in [2.24, 2.45) is 0 Å². The lowest BCUT2D eigenvalue weighted by Crippen LogP contribution is -2.41. The second-order valence-corrected chi connectivity index (χ2v) is 9.12. The number of hydrogen-bond acceptors (Lipinski definition) is 4. The van der Waals surface area contributed by atoms with Gasteiger partial charge in [0, 0.05) is 11.7 Å². The van der Waals surface area contributed by atoms with Crippen LogP contribution in [0.15, 0.2) is 42.5 Å². The molecular formula is C24H31BO4. The number of fused-ring (bicyclic) bond motifs is 1. The van der Waals surface area contributed by atoms with Crippen molar-refractivity contribution in [2.45, 2.75) is 63.5 Å². The minimum atomic E-state index is -0.337. The van der Waals surface area contributed by atoms with E-state index in [1.54, 1.807) is 14.2 Å². The van der Waals surface area contributed by atoms with E-state index in [0.717, 1.165) is 24.3 Å². The lowest BCUT2D eigenvalue weighted by molar-refractivity contribution is 0.00578. The molecule has 154 valence electrons. The summed E-state index contributed by atoms with van der Waals surface area (Å²) in [7, 11) is 3.14. The van der Waals surface area contributed by atoms with Gasteiger partial charge in [-0.15, -0.1) is 0 Å². The average Bonchev–Trinajstić information content (AvgIpc) is 2.93. The van der Waals surface area contributed by atoms with Crippen LogP contribution >= 0.6 is 0 Å². The van der Waals surface area contributed by atoms with E-state index in [4.69, 9.17) is 18.8 Å². The largest absolute Gasteiger partial charge is 0.493 e. The number of ether oxygens (including phenoxy) is 2. The standard InChI is InChI=1S/C24H31BO4/c1-23(2)24(3,4)29-25(28-23)19-13-12-17-14-20(26-5)21(27-6)15-18(17)22(19)16-10-8-7-9-11-16/h7-11,14-15,19,22H,12-13H2,1-6H3/t19-,22-/m1/s1. The summed E-state index contributed by atoms with van der Waals surface area (Å²) in [5, 5.41) is 0. The monoisotopic (exact) mass is 394 g/mol. The molecule has 1 aliphatic heterocycles. The third kappa shape index (κ3) is 3.45. The number of methoxy groups -OCH3 is 2. The Labute approximate surface area is 174 Å². The van der Waals surface area contributed by atoms with Gasteiger partial charge in [0.15, 0.2) is 11.5 Å². The quantitative estimate of drug-likeness (QED) is 0.665. The van der Waals surface area contributed by atoms with Gasteiger partial charge >= 0.3 is 7.12 Å². The minimum absolute atomic E-state index is 0.175. The first-order chi connectivity index (χ1) is 13.8. The molecule has 4 rings (SSSR count). The van der Waals surface area contributed by atoms with Crippen molar-refractivity contribution in [1.82, 2.24) is 0 Å². The van der Waals surface area contributed by atoms with Crippen LogP contribution in [0.5, 0.6) is 11.5 Å². The van der Waals surface area contributed by atoms with Gasteiger partial charge < -0.3 is 18.8 Å². The van der Waals surface area contributed by atoms with Crippen molar-refractivity contribution < 1.29 is 18.8 Å². The third-order valence-corrected chi connectivity index (χ3v) is 6.94. The first kappa shape index (κ1) is 20.3. The summed E-state index contributed by atoms with van der Waals surface area (Å²) in [4.78, 5) is 0. The molecule has 0 saturated carbocycles. The predicted octanol–water partition coefficient (Wildman–Crippen LogP) is 5.24. The van der Waals surface area contributed by atoms with Gasteiger partial charge in [-0.3, -0.25) is 0 Å². The second-order valence-electron chi connectivity index (χ2n) is 9.12. The molecule has 2 aromatic rings. The van der Waals surface area contributed by atoms with Crippen LogP contribution in [0.3, 0.4) is 0 Å². The highest BCUT2D eigenvalue weighted by Crippen LogP contribution is 2.52. The van der Waals surface area contributed by atoms with Crippen molar-refractivity contribution in [3.63, 3.8) is 0 Å². The van der Waals surface area contributed by atoms with Gasteiger partial charge in [-0.25, -0.2) is 0 Å². The van der Waals surface area contributed by atoms with Crippen molar-refractivity contribution >= 4 is 7.12 Å². The van der Waals surface area contributed by atoms with Crippen molar-refractivity contribution in [1.29, 1.82) is 0 Å². The van der Waals surface area contributed by atoms with Crippen LogP contribution in [-0.4, -0.2) is 32.5 Å². The molecule has 5 heteroatoms. The zero-order valence-corrected chi connectivity index (χ0v) is 18.3. The van der Waals surface area contributed by atoms with Crippen LogP contribution in [-0.2, 0) is 15.7 Å². The van der Waals surface area contributed by atoms with Crippen LogP contribution in [0.25, 0.3) is 0 Å². The lowest BCUT2D eigenvalue weighted by atomic mass is 9.56. The highest BCUT2D eigenvalue weighted by molar-refractivity contribution is 6.48. The van der Waals surface area contributed by atoms with Gasteiger partial charge in [0.2, 0.25) is 0 Å². The van der Waals surface area contributed by atoms with E-state index in [0.29, 0.717) is 0 Å². The van der Waals surface area contributed by atoms with E-state index < -0.39 is 0 Å². The first-order valence-corrected chi connectivity index (χ1v) is 10.4. The molecule has 0 spiro atoms. The zero-order valence-electron chi connectivity index (χ0n) is 18.3. The van der Waals surface area contributed by atoms with Crippen LogP contribution in [0.1, 0.15) is 56.7 Å². The molecule has 0 radical (unpaired) electrons. The fraction of sp³-hybridized carbons (Fsp3) is 0.500. The van der Waals surface area contributed by atoms with E-state index in [1.807, 2.05) is 0 Å². The summed E-state index contributed by atoms with van der Waals surface area (Å²) in [5.74, 6) is 1.95. The summed E-state index contributed by atoms with van der Waals surface area (Å²) in [5.41, 5.74) is 3.19. The van der Waals surface area contributed by atoms with Crippen LogP contribution in [0, 0.1) is 0 Å². The molecular weight excluding hydrogens is 363 g/mol. The maximum absolute atomic E-state index is 6.49. The Morgan fingerprint density at radius 3 is 2.07 bits per heavy atom. The Hall–Kier alpha value is -1.98. The van der Waals surface area contributed by atoms with Crippen LogP contribution in [0.4, 0.5) is 0 Å². The van der Waals surface area contributed by atoms with Gasteiger partial charge in [0.1, 0.15) is 0 Å². The molecule has 1 saturated heterocycles. The van der Waals surface area contributed by atoms with E-state index in [1.165, 1.54) is 16.7 Å². The molecule has 1 heterocycles. The van der Waals surface area contributed by atoms with E-state index in [9.17, 15) is 0 Å². The SMILES string of the molecule is COc1cc2c(cc1OC)[C@@H](c1ccccc1)[C@H](B1OC(C)(C)C(C)(C)O1)CC2. The highest BCUT2D eigenvalue weighted by Gasteiger charge is 2.55. The van der Waals surface area contributed by atoms with E-state index in [2.05, 4.69) is 70.2 Å². The van der Waals surface area contributed by atoms with E-state index >= 15 is 0 Å². The Kier molecular flexibility index (Phi) is 5.16. The molecule has 4 nitrogen and oxygen atoms in total. The average molecular weight is 394 g/mol. The maximum atomic E-state index is 6.49. The molecule has 1 aliphatic carbocycles. The smallest absolute Gasteiger partial charge is 0.462 e. The summed E-state index contributed by atoms with van der Waals surface area (Å²) in [6.07, 6.45) is 1.96. The summed E-state index contributed by atoms with van der Waals surface area (Å²) < 4.78 is 24.2. The Balaban J connectivity index is 1.80. The van der Waals surface area contributed by atoms with Crippen LogP contribution < -0.4 is 9.47 Å². The van der Waals surface area contributed by atoms with E-state index in [-0.39, 0.29) is 30.1 Å². The molecule has 0 N–H and O–H groups in total. The Morgan fingerprint density at radius 1 is 0.897 bits per heavy atom. The number of benzene rings is 2. The number of rotatable bonds is 4. The molecule has 29 heavy (non-hydrogen) atoms. The van der Waals surface area contributed by atoms with Gasteiger partial charge in [-0.05, 0) is 69.4 Å². The molecule has 2 aliphatic rings. The van der Waals surface area contributed by atoms with Crippen molar-refractivity contribution in [3.8, 4) is 11.5 Å². The van der Waals surface area contributed by atoms with Gasteiger partial charge in [0.25, 0.3) is 0 Å². The lowest BCUT2D eigenvalue weighted by Gasteiger charge is -2.35. The Morgan fingerprint density at radius 2 is 1.48 bits per heavy atom. The molecule has 0 bridgehead atoms. The molecule has 2 atom stereocenters. The van der Waals surface area contributed by atoms with Gasteiger partial charge in [-0.1, -0.05) is 30.3 Å². The van der Waals surface area contributed by atoms with Gasteiger partial charge in [-0.2, -0.15) is 0 Å². The fourth-order valence-electron chi connectivity index (χ4n) is 4.61. The fourth-order valence-corrected chi connectivity index (χ4v) is 4.61.